The van der Waals surface area contributed by atoms with E-state index in [1.807, 2.05) is 13.8 Å². The lowest BCUT2D eigenvalue weighted by Crippen LogP contribution is -2.62. The van der Waals surface area contributed by atoms with Gasteiger partial charge in [0.2, 0.25) is 12.4 Å². The molecular formula is C28H27IO10. The molecule has 10 nitrogen and oxygen atoms in total. The molecule has 0 spiro atoms. The Hall–Kier alpha value is -3.16. The predicted octanol–water partition coefficient (Wildman–Crippen LogP) is 4.57. The Kier molecular flexibility index (Phi) is 7.33. The minimum atomic E-state index is -0.991. The standard InChI is InChI=1S/C28H27IO10/c1-13-19(35-26-23-22(37-27(32)38-23)24(34-5)28(2,3)39-26)8-7-15-10-16(25(31)36-21(13)15)12-18(30)14-6-9-20(33-4)17(29)11-14/h6-11,22-24,26H,12H2,1-5H3/t22-,23+,24+,26+/m0/s1. The average Bonchev–Trinajstić information content (AvgIpc) is 3.27. The van der Waals surface area contributed by atoms with Crippen LogP contribution in [0, 0.1) is 10.5 Å². The van der Waals surface area contributed by atoms with Crippen LogP contribution in [-0.2, 0) is 25.4 Å². The molecule has 3 aromatic rings. The number of hydrogen-bond acceptors (Lipinski definition) is 10. The van der Waals surface area contributed by atoms with E-state index in [1.54, 1.807) is 50.4 Å². The molecule has 0 saturated carbocycles. The normalized spacial score (nSPS) is 23.6. The van der Waals surface area contributed by atoms with Gasteiger partial charge in [-0.2, -0.15) is 0 Å². The first-order valence-corrected chi connectivity index (χ1v) is 13.3. The van der Waals surface area contributed by atoms with E-state index in [9.17, 15) is 14.4 Å². The molecule has 2 aliphatic heterocycles. The van der Waals surface area contributed by atoms with E-state index in [0.29, 0.717) is 33.6 Å². The Morgan fingerprint density at radius 1 is 1.03 bits per heavy atom. The van der Waals surface area contributed by atoms with Crippen molar-refractivity contribution in [1.29, 1.82) is 0 Å². The third-order valence-corrected chi connectivity index (χ3v) is 7.80. The van der Waals surface area contributed by atoms with Gasteiger partial charge in [-0.1, -0.05) is 0 Å². The van der Waals surface area contributed by atoms with E-state index in [2.05, 4.69) is 22.6 Å². The first-order valence-electron chi connectivity index (χ1n) is 12.2. The smallest absolute Gasteiger partial charge is 0.496 e. The van der Waals surface area contributed by atoms with Gasteiger partial charge in [-0.05, 0) is 79.8 Å². The topological polar surface area (TPSA) is 120 Å². The molecule has 2 aliphatic rings. The second kappa shape index (κ2) is 10.4. The number of halogens is 1. The second-order valence-electron chi connectivity index (χ2n) is 9.89. The minimum Gasteiger partial charge on any atom is -0.496 e. The summed E-state index contributed by atoms with van der Waals surface area (Å²) in [4.78, 5) is 37.7. The Balaban J connectivity index is 1.40. The van der Waals surface area contributed by atoms with Crippen molar-refractivity contribution in [2.75, 3.05) is 14.2 Å². The number of ketones is 1. The molecule has 0 bridgehead atoms. The van der Waals surface area contributed by atoms with Crippen LogP contribution < -0.4 is 15.1 Å². The molecule has 3 heterocycles. The van der Waals surface area contributed by atoms with E-state index >= 15 is 0 Å². The summed E-state index contributed by atoms with van der Waals surface area (Å²) in [6.45, 7) is 5.36. The summed E-state index contributed by atoms with van der Waals surface area (Å²) in [6, 6.07) is 10.2. The van der Waals surface area contributed by atoms with Crippen molar-refractivity contribution in [1.82, 2.24) is 0 Å². The lowest BCUT2D eigenvalue weighted by Gasteiger charge is -2.45. The monoisotopic (exact) mass is 650 g/mol. The van der Waals surface area contributed by atoms with Crippen LogP contribution in [0.2, 0.25) is 0 Å². The van der Waals surface area contributed by atoms with Crippen molar-refractivity contribution in [2.45, 2.75) is 57.4 Å². The minimum absolute atomic E-state index is 0.113. The number of aryl methyl sites for hydroxylation is 1. The molecule has 0 unspecified atom stereocenters. The van der Waals surface area contributed by atoms with Crippen molar-refractivity contribution in [3.63, 3.8) is 0 Å². The average molecular weight is 650 g/mol. The third-order valence-electron chi connectivity index (χ3n) is 6.96. The zero-order chi connectivity index (χ0) is 28.1. The van der Waals surface area contributed by atoms with Gasteiger partial charge < -0.3 is 32.8 Å². The first kappa shape index (κ1) is 27.4. The Bertz CT molecular complexity index is 1510. The highest BCUT2D eigenvalue weighted by molar-refractivity contribution is 14.1. The number of rotatable bonds is 7. The van der Waals surface area contributed by atoms with Crippen LogP contribution in [0.1, 0.15) is 35.3 Å². The van der Waals surface area contributed by atoms with Gasteiger partial charge in [0.15, 0.2) is 11.9 Å². The molecule has 206 valence electrons. The number of hydrogen-bond donors (Lipinski definition) is 0. The van der Waals surface area contributed by atoms with E-state index in [1.165, 1.54) is 7.11 Å². The lowest BCUT2D eigenvalue weighted by molar-refractivity contribution is -0.282. The number of benzene rings is 2. The fourth-order valence-corrected chi connectivity index (χ4v) is 5.74. The van der Waals surface area contributed by atoms with Gasteiger partial charge >= 0.3 is 11.8 Å². The van der Waals surface area contributed by atoms with Gasteiger partial charge in [0.1, 0.15) is 23.2 Å². The largest absolute Gasteiger partial charge is 0.509 e. The van der Waals surface area contributed by atoms with E-state index in [0.717, 1.165) is 3.57 Å². The summed E-state index contributed by atoms with van der Waals surface area (Å²) in [5, 5.41) is 0.629. The predicted molar refractivity (Wildman–Crippen MR) is 146 cm³/mol. The van der Waals surface area contributed by atoms with Gasteiger partial charge in [0.25, 0.3) is 0 Å². The number of carbonyl (C=O) groups is 2. The maximum Gasteiger partial charge on any atom is 0.509 e. The van der Waals surface area contributed by atoms with Crippen molar-refractivity contribution >= 4 is 45.5 Å². The summed E-state index contributed by atoms with van der Waals surface area (Å²) in [5.74, 6) is 0.828. The highest BCUT2D eigenvalue weighted by Crippen LogP contribution is 2.39. The van der Waals surface area contributed by atoms with Crippen LogP contribution in [0.5, 0.6) is 11.5 Å². The van der Waals surface area contributed by atoms with Crippen molar-refractivity contribution in [2.24, 2.45) is 0 Å². The maximum absolute atomic E-state index is 12.9. The van der Waals surface area contributed by atoms with Gasteiger partial charge in [0, 0.05) is 35.6 Å². The van der Waals surface area contributed by atoms with Gasteiger partial charge in [-0.3, -0.25) is 4.79 Å². The molecule has 2 saturated heterocycles. The molecule has 1 aromatic heterocycles. The zero-order valence-electron chi connectivity index (χ0n) is 21.9. The van der Waals surface area contributed by atoms with Crippen LogP contribution in [0.15, 0.2) is 45.6 Å². The highest BCUT2D eigenvalue weighted by Gasteiger charge is 2.59. The third kappa shape index (κ3) is 5.10. The van der Waals surface area contributed by atoms with Crippen LogP contribution >= 0.6 is 22.6 Å². The van der Waals surface area contributed by atoms with Crippen LogP contribution in [0.3, 0.4) is 0 Å². The molecule has 4 atom stereocenters. The molecular weight excluding hydrogens is 623 g/mol. The zero-order valence-corrected chi connectivity index (χ0v) is 24.1. The lowest BCUT2D eigenvalue weighted by atomic mass is 9.89. The van der Waals surface area contributed by atoms with Gasteiger partial charge in [0.05, 0.1) is 16.3 Å². The number of methoxy groups -OCH3 is 2. The van der Waals surface area contributed by atoms with Crippen molar-refractivity contribution < 1.29 is 42.4 Å². The van der Waals surface area contributed by atoms with Crippen molar-refractivity contribution in [3.05, 3.63) is 67.1 Å². The van der Waals surface area contributed by atoms with E-state index < -0.39 is 42.0 Å². The molecule has 11 heteroatoms. The van der Waals surface area contributed by atoms with E-state index in [-0.39, 0.29) is 17.8 Å². The molecule has 2 aromatic carbocycles. The van der Waals surface area contributed by atoms with Crippen LogP contribution in [-0.4, -0.2) is 56.4 Å². The first-order chi connectivity index (χ1) is 18.5. The molecule has 0 N–H and O–H groups in total. The molecule has 0 aliphatic carbocycles. The maximum atomic E-state index is 12.9. The quantitative estimate of drug-likeness (QED) is 0.156. The fourth-order valence-electron chi connectivity index (χ4n) is 5.01. The SMILES string of the molecule is COc1ccc(C(=O)Cc2cc3ccc(O[C@@H]4OC(C)(C)[C@H](OC)[C@H]5OC(=O)O[C@@H]45)c(C)c3oc2=O)cc1I. The number of fused-ring (bicyclic) bond motifs is 2. The second-order valence-corrected chi connectivity index (χ2v) is 11.1. The number of Topliss-reactive ketones (excluding diaryl/α,β-unsaturated/α-hetero) is 1. The summed E-state index contributed by atoms with van der Waals surface area (Å²) in [5.41, 5.74) is 0.108. The molecule has 0 amide bonds. The Morgan fingerprint density at radius 3 is 2.44 bits per heavy atom. The number of carbonyl (C=O) groups excluding carboxylic acids is 2. The highest BCUT2D eigenvalue weighted by atomic mass is 127. The van der Waals surface area contributed by atoms with Gasteiger partial charge in [-0.15, -0.1) is 0 Å². The van der Waals surface area contributed by atoms with Crippen LogP contribution in [0.4, 0.5) is 4.79 Å². The van der Waals surface area contributed by atoms with Crippen LogP contribution in [0.25, 0.3) is 11.0 Å². The molecule has 2 fully saturated rings. The van der Waals surface area contributed by atoms with E-state index in [4.69, 9.17) is 32.8 Å². The van der Waals surface area contributed by atoms with Crippen molar-refractivity contribution in [3.8, 4) is 11.5 Å². The number of ether oxygens (including phenoxy) is 6. The molecule has 0 radical (unpaired) electrons. The molecule has 5 rings (SSSR count). The fraction of sp³-hybridized carbons (Fsp3) is 0.393. The molecule has 39 heavy (non-hydrogen) atoms. The summed E-state index contributed by atoms with van der Waals surface area (Å²) < 4.78 is 40.2. The summed E-state index contributed by atoms with van der Waals surface area (Å²) >= 11 is 2.09. The summed E-state index contributed by atoms with van der Waals surface area (Å²) in [6.07, 6.45) is -4.06. The van der Waals surface area contributed by atoms with Gasteiger partial charge in [-0.25, -0.2) is 9.59 Å². The Labute approximate surface area is 237 Å². The Morgan fingerprint density at radius 2 is 1.74 bits per heavy atom. The summed E-state index contributed by atoms with van der Waals surface area (Å²) in [7, 11) is 3.07.